The van der Waals surface area contributed by atoms with Gasteiger partial charge in [0.25, 0.3) is 5.91 Å². The minimum absolute atomic E-state index is 0.0197. The molecule has 0 bridgehead atoms. The van der Waals surface area contributed by atoms with E-state index in [2.05, 4.69) is 15.2 Å². The molecule has 172 valence electrons. The first-order valence-corrected chi connectivity index (χ1v) is 11.7. The van der Waals surface area contributed by atoms with Crippen LogP contribution in [-0.2, 0) is 6.61 Å². The lowest BCUT2D eigenvalue weighted by atomic mass is 9.95. The Labute approximate surface area is 193 Å². The fraction of sp³-hybridized carbons (Fsp3) is 0.440. The number of hydrogen-bond donors (Lipinski definition) is 1. The van der Waals surface area contributed by atoms with Gasteiger partial charge in [-0.15, -0.1) is 0 Å². The van der Waals surface area contributed by atoms with Gasteiger partial charge in [-0.05, 0) is 68.5 Å². The Kier molecular flexibility index (Phi) is 6.24. The highest BCUT2D eigenvalue weighted by Gasteiger charge is 2.31. The van der Waals surface area contributed by atoms with Gasteiger partial charge in [0.1, 0.15) is 12.4 Å². The minimum atomic E-state index is 0.0197. The minimum Gasteiger partial charge on any atom is -0.490 e. The van der Waals surface area contributed by atoms with Crippen LogP contribution in [0.25, 0.3) is 0 Å². The standard InChI is InChI=1S/C25H29N5O3/c1-2-32-22-15-20(5-6-21(22)33-16-17-7-11-26-12-8-17)25(31)30-13-9-19(10-14-30)24-27-23(28-29-24)18-3-4-18/h5-8,11-12,15,18-19H,2-4,9-10,13-14,16H2,1H3,(H,27,28,29). The van der Waals surface area contributed by atoms with E-state index in [1.165, 1.54) is 12.8 Å². The number of hydrogen-bond acceptors (Lipinski definition) is 6. The largest absolute Gasteiger partial charge is 0.490 e. The lowest BCUT2D eigenvalue weighted by Crippen LogP contribution is -2.38. The summed E-state index contributed by atoms with van der Waals surface area (Å²) >= 11 is 0. The summed E-state index contributed by atoms with van der Waals surface area (Å²) in [6.45, 7) is 4.23. The number of benzene rings is 1. The predicted molar refractivity (Wildman–Crippen MR) is 122 cm³/mol. The first-order valence-electron chi connectivity index (χ1n) is 11.7. The average molecular weight is 448 g/mol. The fourth-order valence-corrected chi connectivity index (χ4v) is 4.20. The van der Waals surface area contributed by atoms with Crippen LogP contribution in [0.15, 0.2) is 42.7 Å². The van der Waals surface area contributed by atoms with Gasteiger partial charge in [0.2, 0.25) is 0 Å². The van der Waals surface area contributed by atoms with Gasteiger partial charge in [0.05, 0.1) is 6.61 Å². The molecular weight excluding hydrogens is 418 g/mol. The number of carbonyl (C=O) groups excluding carboxylic acids is 1. The van der Waals surface area contributed by atoms with Crippen LogP contribution in [0.3, 0.4) is 0 Å². The number of H-pyrrole nitrogens is 1. The molecule has 2 aromatic heterocycles. The van der Waals surface area contributed by atoms with E-state index < -0.39 is 0 Å². The van der Waals surface area contributed by atoms with Crippen LogP contribution in [0.5, 0.6) is 11.5 Å². The van der Waals surface area contributed by atoms with Crippen LogP contribution >= 0.6 is 0 Å². The van der Waals surface area contributed by atoms with Gasteiger partial charge in [-0.25, -0.2) is 4.98 Å². The SMILES string of the molecule is CCOc1cc(C(=O)N2CCC(c3nc(C4CC4)n[nH]3)CC2)ccc1OCc1ccncc1. The van der Waals surface area contributed by atoms with Gasteiger partial charge in [0.15, 0.2) is 17.3 Å². The van der Waals surface area contributed by atoms with E-state index in [4.69, 9.17) is 14.5 Å². The summed E-state index contributed by atoms with van der Waals surface area (Å²) in [6.07, 6.45) is 7.64. The summed E-state index contributed by atoms with van der Waals surface area (Å²) in [5, 5.41) is 7.50. The molecule has 1 saturated heterocycles. The predicted octanol–water partition coefficient (Wildman–Crippen LogP) is 4.07. The Hall–Kier alpha value is -3.42. The molecule has 0 radical (unpaired) electrons. The van der Waals surface area contributed by atoms with E-state index in [-0.39, 0.29) is 5.91 Å². The van der Waals surface area contributed by atoms with Crippen LogP contribution in [-0.4, -0.2) is 50.7 Å². The van der Waals surface area contributed by atoms with Crippen molar-refractivity contribution in [1.29, 1.82) is 0 Å². The average Bonchev–Trinajstić information content (AvgIpc) is 3.60. The Morgan fingerprint density at radius 2 is 1.82 bits per heavy atom. The van der Waals surface area contributed by atoms with E-state index in [1.807, 2.05) is 36.1 Å². The number of pyridine rings is 1. The third kappa shape index (κ3) is 4.99. The van der Waals surface area contributed by atoms with E-state index >= 15 is 0 Å². The summed E-state index contributed by atoms with van der Waals surface area (Å²) in [6, 6.07) is 9.25. The van der Waals surface area contributed by atoms with Gasteiger partial charge in [-0.1, -0.05) is 0 Å². The lowest BCUT2D eigenvalue weighted by Gasteiger charge is -2.31. The zero-order valence-electron chi connectivity index (χ0n) is 18.9. The third-order valence-electron chi connectivity index (χ3n) is 6.27. The highest BCUT2D eigenvalue weighted by Crippen LogP contribution is 2.38. The number of aromatic nitrogens is 4. The second kappa shape index (κ2) is 9.60. The maximum atomic E-state index is 13.2. The molecule has 2 fully saturated rings. The topological polar surface area (TPSA) is 93.2 Å². The molecule has 1 aromatic carbocycles. The van der Waals surface area contributed by atoms with E-state index in [1.54, 1.807) is 18.5 Å². The van der Waals surface area contributed by atoms with Gasteiger partial charge in [-0.2, -0.15) is 5.10 Å². The van der Waals surface area contributed by atoms with Gasteiger partial charge in [-0.3, -0.25) is 14.9 Å². The second-order valence-corrected chi connectivity index (χ2v) is 8.66. The monoisotopic (exact) mass is 447 g/mol. The van der Waals surface area contributed by atoms with Crippen molar-refractivity contribution < 1.29 is 14.3 Å². The maximum absolute atomic E-state index is 13.2. The number of rotatable bonds is 8. The van der Waals surface area contributed by atoms with Crippen LogP contribution < -0.4 is 9.47 Å². The zero-order valence-corrected chi connectivity index (χ0v) is 18.9. The van der Waals surface area contributed by atoms with Crippen LogP contribution in [0.1, 0.15) is 72.0 Å². The number of nitrogens with zero attached hydrogens (tertiary/aromatic N) is 4. The molecule has 2 aliphatic rings. The second-order valence-electron chi connectivity index (χ2n) is 8.66. The van der Waals surface area contributed by atoms with Gasteiger partial charge >= 0.3 is 0 Å². The molecule has 3 aromatic rings. The molecule has 5 rings (SSSR count). The summed E-state index contributed by atoms with van der Waals surface area (Å²) in [5.41, 5.74) is 1.63. The molecule has 1 aliphatic heterocycles. The van der Waals surface area contributed by atoms with Gasteiger partial charge in [0, 0.05) is 42.9 Å². The van der Waals surface area contributed by atoms with E-state index in [0.29, 0.717) is 55.2 Å². The molecule has 0 atom stereocenters. The molecule has 0 spiro atoms. The molecule has 33 heavy (non-hydrogen) atoms. The first-order chi connectivity index (χ1) is 16.2. The molecule has 8 nitrogen and oxygen atoms in total. The van der Waals surface area contributed by atoms with E-state index in [0.717, 1.165) is 30.1 Å². The van der Waals surface area contributed by atoms with Crippen molar-refractivity contribution in [2.24, 2.45) is 0 Å². The highest BCUT2D eigenvalue weighted by molar-refractivity contribution is 5.95. The van der Waals surface area contributed by atoms with Crippen molar-refractivity contribution in [3.63, 3.8) is 0 Å². The molecule has 0 unspecified atom stereocenters. The molecule has 1 saturated carbocycles. The smallest absolute Gasteiger partial charge is 0.253 e. The number of carbonyl (C=O) groups is 1. The van der Waals surface area contributed by atoms with Crippen LogP contribution in [0, 0.1) is 0 Å². The van der Waals surface area contributed by atoms with Gasteiger partial charge < -0.3 is 14.4 Å². The van der Waals surface area contributed by atoms with Crippen LogP contribution in [0.2, 0.25) is 0 Å². The summed E-state index contributed by atoms with van der Waals surface area (Å²) in [7, 11) is 0. The van der Waals surface area contributed by atoms with E-state index in [9.17, 15) is 4.79 Å². The Morgan fingerprint density at radius 1 is 1.03 bits per heavy atom. The molecule has 3 heterocycles. The third-order valence-corrected chi connectivity index (χ3v) is 6.27. The quantitative estimate of drug-likeness (QED) is 0.559. The number of piperidine rings is 1. The first kappa shape index (κ1) is 21.4. The van der Waals surface area contributed by atoms with Crippen LogP contribution in [0.4, 0.5) is 0 Å². The molecular formula is C25H29N5O3. The number of ether oxygens (including phenoxy) is 2. The Bertz CT molecular complexity index is 1090. The molecule has 8 heteroatoms. The molecule has 1 aliphatic carbocycles. The number of amides is 1. The summed E-state index contributed by atoms with van der Waals surface area (Å²) in [4.78, 5) is 23.8. The number of likely N-dealkylation sites (tertiary alicyclic amines) is 1. The molecule has 1 N–H and O–H groups in total. The Balaban J connectivity index is 1.21. The number of nitrogens with one attached hydrogen (secondary N) is 1. The van der Waals surface area contributed by atoms with Crippen molar-refractivity contribution in [3.05, 3.63) is 65.5 Å². The van der Waals surface area contributed by atoms with Crippen molar-refractivity contribution in [3.8, 4) is 11.5 Å². The van der Waals surface area contributed by atoms with Crippen molar-refractivity contribution >= 4 is 5.91 Å². The number of aromatic amines is 1. The summed E-state index contributed by atoms with van der Waals surface area (Å²) < 4.78 is 11.7. The van der Waals surface area contributed by atoms with Crippen molar-refractivity contribution in [1.82, 2.24) is 25.1 Å². The Morgan fingerprint density at radius 3 is 2.55 bits per heavy atom. The fourth-order valence-electron chi connectivity index (χ4n) is 4.20. The normalized spacial score (nSPS) is 16.6. The van der Waals surface area contributed by atoms with Crippen molar-refractivity contribution in [2.75, 3.05) is 19.7 Å². The zero-order chi connectivity index (χ0) is 22.6. The van der Waals surface area contributed by atoms with Crippen molar-refractivity contribution in [2.45, 2.75) is 51.0 Å². The summed E-state index contributed by atoms with van der Waals surface area (Å²) in [5.74, 6) is 4.04. The molecule has 1 amide bonds. The maximum Gasteiger partial charge on any atom is 0.253 e. The highest BCUT2D eigenvalue weighted by atomic mass is 16.5. The lowest BCUT2D eigenvalue weighted by molar-refractivity contribution is 0.0710.